The minimum absolute atomic E-state index is 0. The third kappa shape index (κ3) is 25.1. The van der Waals surface area contributed by atoms with Crippen LogP contribution < -0.4 is 5.32 Å². The van der Waals surface area contributed by atoms with Gasteiger partial charge in [0.25, 0.3) is 0 Å². The molecule has 4 bridgehead atoms. The second-order valence-electron chi connectivity index (χ2n) is 33.1. The summed E-state index contributed by atoms with van der Waals surface area (Å²) in [5.74, 6) is 2.37. The number of aliphatic hydroxyl groups excluding tert-OH is 5. The fourth-order valence-corrected chi connectivity index (χ4v) is 17.8. The molecule has 5 aliphatic carbocycles. The van der Waals surface area contributed by atoms with Crippen LogP contribution in [0.15, 0.2) is 182 Å². The lowest BCUT2D eigenvalue weighted by Gasteiger charge is -2.52. The number of piperidine rings is 2. The van der Waals surface area contributed by atoms with Gasteiger partial charge in [-0.2, -0.15) is 0 Å². The van der Waals surface area contributed by atoms with E-state index >= 15 is 0 Å². The lowest BCUT2D eigenvalue weighted by molar-refractivity contribution is -0.941. The third-order valence-electron chi connectivity index (χ3n) is 24.9. The van der Waals surface area contributed by atoms with Gasteiger partial charge < -0.3 is 45.1 Å². The molecule has 6 N–H and O–H groups in total. The zero-order valence-corrected chi connectivity index (χ0v) is 68.3. The number of ketones is 5. The maximum absolute atomic E-state index is 13.4. The molecule has 16 heteroatoms. The molecule has 3 saturated heterocycles. The van der Waals surface area contributed by atoms with E-state index in [2.05, 4.69) is 159 Å². The van der Waals surface area contributed by atoms with Crippen LogP contribution in [0.3, 0.4) is 0 Å². The number of nitrogens with one attached hydrogen (secondary N) is 1. The number of quaternary nitrogens is 1. The molecule has 0 spiro atoms. The fourth-order valence-electron chi connectivity index (χ4n) is 17.5. The van der Waals surface area contributed by atoms with Crippen molar-refractivity contribution in [3.63, 3.8) is 0 Å². The van der Waals surface area contributed by atoms with Crippen LogP contribution in [0, 0.1) is 0 Å². The molecule has 3 aliphatic heterocycles. The SMILES string of the molecule is C.C.C.C.C.C1CCNC1.CC1C(=O)CCc2ccc(CO)cc21.CN(CCC1(C)C(=O)CCc2ccc(CO)cc21)Cc1ccccc1.CN(CCCl)Cc1ccccc1.CN1CC[C@]2(C)C(=O)[C@H]1Cc1ccc(CO)cc12.C[C@]12CC[N+](C)(Cc3ccccc3)[C@H](Cc3ccc(CO)cc31)C2=O.O=C1CCc2ccc(CO)cc2C1.[HH]. The van der Waals surface area contributed by atoms with Crippen LogP contribution in [-0.4, -0.2) is 159 Å². The van der Waals surface area contributed by atoms with E-state index < -0.39 is 10.8 Å². The quantitative estimate of drug-likeness (QED) is 0.0393. The maximum atomic E-state index is 13.4. The number of hydrogen-bond donors (Lipinski definition) is 6. The van der Waals surface area contributed by atoms with Gasteiger partial charge in [0.15, 0.2) is 11.8 Å². The molecule has 8 aromatic carbocycles. The number of hydrogen-bond acceptors (Lipinski definition) is 14. The minimum Gasteiger partial charge on any atom is -0.392 e. The zero-order chi connectivity index (χ0) is 80.2. The largest absolute Gasteiger partial charge is 0.392 e. The summed E-state index contributed by atoms with van der Waals surface area (Å²) in [6.45, 7) is 17.4. The summed E-state index contributed by atoms with van der Waals surface area (Å²) in [5.41, 5.74) is 19.1. The minimum atomic E-state index is -0.455. The van der Waals surface area contributed by atoms with Crippen molar-refractivity contribution in [2.75, 3.05) is 73.3 Å². The van der Waals surface area contributed by atoms with Crippen LogP contribution in [-0.2, 0) is 131 Å². The van der Waals surface area contributed by atoms with E-state index in [0.717, 1.165) is 157 Å². The predicted octanol–water partition coefficient (Wildman–Crippen LogP) is 16.9. The first-order valence-corrected chi connectivity index (χ1v) is 41.0. The second-order valence-corrected chi connectivity index (χ2v) is 33.4. The van der Waals surface area contributed by atoms with E-state index in [0.29, 0.717) is 60.5 Å². The lowest BCUT2D eigenvalue weighted by Crippen LogP contribution is -2.67. The number of fused-ring (bicyclic) bond motifs is 11. The Balaban J connectivity index is 0.000000297. The summed E-state index contributed by atoms with van der Waals surface area (Å²) in [6, 6.07) is 61.5. The van der Waals surface area contributed by atoms with Crippen LogP contribution in [0.5, 0.6) is 0 Å². The Morgan fingerprint density at radius 2 is 0.949 bits per heavy atom. The normalized spacial score (nSPS) is 22.0. The van der Waals surface area contributed by atoms with Gasteiger partial charge >= 0.3 is 0 Å². The number of aryl methyl sites for hydroxylation is 3. The number of benzene rings is 8. The van der Waals surface area contributed by atoms with Crippen molar-refractivity contribution in [3.8, 4) is 0 Å². The number of rotatable bonds is 16. The molecule has 15 nitrogen and oxygen atoms in total. The van der Waals surface area contributed by atoms with Crippen molar-refractivity contribution in [3.05, 3.63) is 282 Å². The monoisotopic (exact) mass is 1620 g/mol. The van der Waals surface area contributed by atoms with Gasteiger partial charge in [0.2, 0.25) is 5.78 Å². The third-order valence-corrected chi connectivity index (χ3v) is 25.0. The van der Waals surface area contributed by atoms with Crippen LogP contribution in [0.1, 0.15) is 224 Å². The Kier molecular flexibility index (Phi) is 39.6. The summed E-state index contributed by atoms with van der Waals surface area (Å²) in [6.07, 6.45) is 12.0. The molecule has 0 aromatic heterocycles. The summed E-state index contributed by atoms with van der Waals surface area (Å²) in [7, 11) is 8.46. The molecule has 8 aromatic rings. The van der Waals surface area contributed by atoms with E-state index in [1.165, 1.54) is 70.4 Å². The Bertz CT molecular complexity index is 4480. The molecular weight excluding hydrogens is 1480 g/mol. The van der Waals surface area contributed by atoms with Gasteiger partial charge in [0.05, 0.1) is 68.9 Å². The molecule has 16 rings (SSSR count). The van der Waals surface area contributed by atoms with Gasteiger partial charge in [0.1, 0.15) is 23.9 Å². The van der Waals surface area contributed by atoms with Crippen molar-refractivity contribution >= 4 is 40.5 Å². The smallest absolute Gasteiger partial charge is 0.200 e. The van der Waals surface area contributed by atoms with Crippen molar-refractivity contribution in [1.29, 1.82) is 0 Å². The zero-order valence-electron chi connectivity index (χ0n) is 67.5. The standard InChI is InChI=1S/C22H26NO2.C22H27NO2.C15H19NO2.C12H14O2.C11H12O2.C10H14ClN.C4H9N.5CH4.H2/c1-22-10-11-23(2,14-16-6-4-3-5-7-16)20(21(22)25)13-18-9-8-17(15-24)12-19(18)22;1-22(12-13-23(2)15-17-6-4-3-5-7-17)20-14-18(16-24)8-9-19(20)10-11-21(22)25;1-15-5-6-16(2)13(14(15)18)8-11-4-3-10(9-17)7-12(11)15;1-8-11-6-9(7-13)2-3-10(11)4-5-12(8)14;12-7-8-1-2-9-3-4-11(13)6-10(9)5-8;1-12(8-7-11)9-10-5-3-2-4-6-10;1-2-4-5-3-1;;;;;;/h3-9,12,20,24H,10-11,13-15H2,1-2H3;3-9,14,24H,10-13,15-16H2,1-2H3;3-4,7,13,17H,5-6,8-9H2,1-2H3;2-3,6,8,13H,4-5,7H2,1H3;1-2,5,12H,3-4,6-7H2;2-6H,7-9H2,1H3;5H,1-4H2;5*1H4;1H/q+1;;;;;;;;;;;;/t20-,22+,23?;;13-,15+;;;;;;;;;;/m1.1........../s1. The fraction of sp³-hybridized carbons (Fsp3) is 0.475. The highest BCUT2D eigenvalue weighted by Crippen LogP contribution is 2.47. The average molecular weight is 1620 g/mol. The molecule has 0 saturated carbocycles. The maximum Gasteiger partial charge on any atom is 0.200 e. The number of aliphatic hydroxyl groups is 5. The highest BCUT2D eigenvalue weighted by molar-refractivity contribution is 6.18. The van der Waals surface area contributed by atoms with Gasteiger partial charge in [-0.25, -0.2) is 0 Å². The molecule has 117 heavy (non-hydrogen) atoms. The van der Waals surface area contributed by atoms with Gasteiger partial charge in [-0.05, 0) is 214 Å². The first kappa shape index (κ1) is 99.6. The molecule has 8 aliphatic rings. The van der Waals surface area contributed by atoms with Crippen molar-refractivity contribution < 1.29 is 55.4 Å². The highest BCUT2D eigenvalue weighted by Gasteiger charge is 2.56. The predicted molar refractivity (Wildman–Crippen MR) is 483 cm³/mol. The Morgan fingerprint density at radius 1 is 0.496 bits per heavy atom. The number of carbonyl (C=O) groups is 5. The van der Waals surface area contributed by atoms with E-state index in [-0.39, 0.29) is 95.0 Å². The molecule has 7 atom stereocenters. The number of alkyl halides is 1. The molecule has 3 unspecified atom stereocenters. The van der Waals surface area contributed by atoms with Crippen molar-refractivity contribution in [1.82, 2.24) is 20.0 Å². The van der Waals surface area contributed by atoms with Crippen LogP contribution in [0.4, 0.5) is 0 Å². The van der Waals surface area contributed by atoms with E-state index in [1.807, 2.05) is 98.9 Å². The van der Waals surface area contributed by atoms with E-state index in [9.17, 15) is 39.3 Å². The van der Waals surface area contributed by atoms with Gasteiger partial charge in [-0.15, -0.1) is 11.6 Å². The summed E-state index contributed by atoms with van der Waals surface area (Å²) in [5, 5.41) is 49.3. The number of Topliss-reactive ketones (excluding diaryl/α,β-unsaturated/α-hetero) is 5. The van der Waals surface area contributed by atoms with Gasteiger partial charge in [-0.3, -0.25) is 28.9 Å². The van der Waals surface area contributed by atoms with E-state index in [4.69, 9.17) is 21.8 Å². The van der Waals surface area contributed by atoms with Crippen LogP contribution in [0.2, 0.25) is 0 Å². The first-order valence-electron chi connectivity index (χ1n) is 40.5. The number of halogens is 1. The average Bonchev–Trinajstić information content (AvgIpc) is 0.777. The molecule has 0 amide bonds. The van der Waals surface area contributed by atoms with Crippen LogP contribution >= 0.6 is 11.6 Å². The number of likely N-dealkylation sites (tertiary alicyclic amines) is 2. The summed E-state index contributed by atoms with van der Waals surface area (Å²) in [4.78, 5) is 68.1. The second kappa shape index (κ2) is 46.5. The molecule has 638 valence electrons. The number of nitrogens with zero attached hydrogens (tertiary/aromatic N) is 4. The summed E-state index contributed by atoms with van der Waals surface area (Å²) < 4.78 is 0.791. The molecule has 3 fully saturated rings. The summed E-state index contributed by atoms with van der Waals surface area (Å²) >= 11 is 5.62. The van der Waals surface area contributed by atoms with Gasteiger partial charge in [0, 0.05) is 76.9 Å². The molecule has 0 radical (unpaired) electrons. The van der Waals surface area contributed by atoms with Crippen molar-refractivity contribution in [2.24, 2.45) is 0 Å². The number of likely N-dealkylation sites (N-methyl/N-ethyl adjacent to an activating group) is 2. The van der Waals surface area contributed by atoms with Crippen LogP contribution in [0.25, 0.3) is 0 Å². The van der Waals surface area contributed by atoms with Crippen molar-refractivity contribution in [2.45, 2.75) is 242 Å². The van der Waals surface area contributed by atoms with E-state index in [1.54, 1.807) is 0 Å². The Labute approximate surface area is 709 Å². The molecule has 3 heterocycles. The Morgan fingerprint density at radius 3 is 1.47 bits per heavy atom. The lowest BCUT2D eigenvalue weighted by atomic mass is 9.63. The van der Waals surface area contributed by atoms with Gasteiger partial charge in [-0.1, -0.05) is 226 Å². The number of carbonyl (C=O) groups excluding carboxylic acids is 5. The first-order chi connectivity index (χ1) is 53.9. The topological polar surface area (TPSA) is 208 Å². The Hall–Kier alpha value is -8.00. The highest BCUT2D eigenvalue weighted by atomic mass is 35.5. The molecular formula is C101H143ClN5O10+.